The summed E-state index contributed by atoms with van der Waals surface area (Å²) < 4.78 is 39.4. The Morgan fingerprint density at radius 2 is 1.96 bits per heavy atom. The van der Waals surface area contributed by atoms with Crippen LogP contribution in [0.3, 0.4) is 0 Å². The second-order valence-electron chi connectivity index (χ2n) is 6.39. The lowest BCUT2D eigenvalue weighted by Gasteiger charge is -2.22. The molecule has 3 aromatic rings. The number of nitrogens with zero attached hydrogens (tertiary/aromatic N) is 3. The topological polar surface area (TPSA) is 54.7 Å². The first-order valence-corrected chi connectivity index (χ1v) is 9.14. The highest BCUT2D eigenvalue weighted by Gasteiger charge is 2.35. The van der Waals surface area contributed by atoms with Gasteiger partial charge in [-0.2, -0.15) is 13.2 Å². The van der Waals surface area contributed by atoms with E-state index in [0.717, 1.165) is 25.0 Å². The van der Waals surface area contributed by atoms with Crippen molar-refractivity contribution in [2.45, 2.75) is 31.6 Å². The van der Waals surface area contributed by atoms with Crippen molar-refractivity contribution in [1.82, 2.24) is 14.3 Å². The number of hydrogen-bond acceptors (Lipinski definition) is 4. The highest BCUT2D eigenvalue weighted by Crippen LogP contribution is 2.31. The summed E-state index contributed by atoms with van der Waals surface area (Å²) in [5, 5.41) is 1.71. The Balaban J connectivity index is 1.61. The largest absolute Gasteiger partial charge is 0.416 e. The van der Waals surface area contributed by atoms with E-state index in [1.807, 2.05) is 0 Å². The van der Waals surface area contributed by atoms with Crippen molar-refractivity contribution in [1.29, 1.82) is 0 Å². The number of halogens is 3. The minimum atomic E-state index is -4.40. The lowest BCUT2D eigenvalue weighted by molar-refractivity contribution is -0.137. The van der Waals surface area contributed by atoms with Gasteiger partial charge in [-0.15, -0.1) is 11.3 Å². The monoisotopic (exact) mass is 393 g/mol. The van der Waals surface area contributed by atoms with Crippen LogP contribution in [0.5, 0.6) is 0 Å². The molecule has 0 spiro atoms. The molecule has 0 saturated heterocycles. The Kier molecular flexibility index (Phi) is 4.26. The summed E-state index contributed by atoms with van der Waals surface area (Å²) in [6.45, 7) is 0.146. The molecule has 0 aliphatic heterocycles. The smallest absolute Gasteiger partial charge is 0.331 e. The molecule has 27 heavy (non-hydrogen) atoms. The average Bonchev–Trinajstić information content (AvgIpc) is 3.35. The molecule has 140 valence electrons. The van der Waals surface area contributed by atoms with E-state index >= 15 is 0 Å². The third-order valence-corrected chi connectivity index (χ3v) is 5.23. The summed E-state index contributed by atoms with van der Waals surface area (Å²) in [5.41, 5.74) is -0.636. The fourth-order valence-corrected chi connectivity index (χ4v) is 3.55. The van der Waals surface area contributed by atoms with Gasteiger partial charge >= 0.3 is 6.18 Å². The number of rotatable bonds is 4. The Hall–Kier alpha value is -2.68. The van der Waals surface area contributed by atoms with Gasteiger partial charge in [0.15, 0.2) is 4.96 Å². The minimum absolute atomic E-state index is 0.0117. The molecule has 2 aromatic heterocycles. The molecule has 1 fully saturated rings. The Morgan fingerprint density at radius 1 is 1.26 bits per heavy atom. The van der Waals surface area contributed by atoms with Crippen LogP contribution in [-0.2, 0) is 12.7 Å². The number of benzene rings is 1. The van der Waals surface area contributed by atoms with E-state index in [2.05, 4.69) is 4.98 Å². The summed E-state index contributed by atoms with van der Waals surface area (Å²) in [7, 11) is 0. The van der Waals surface area contributed by atoms with Crippen LogP contribution in [0, 0.1) is 0 Å². The predicted octanol–water partition coefficient (Wildman–Crippen LogP) is 3.58. The fraction of sp³-hybridized carbons (Fsp3) is 0.278. The first-order chi connectivity index (χ1) is 12.8. The zero-order chi connectivity index (χ0) is 19.2. The molecule has 0 atom stereocenters. The lowest BCUT2D eigenvalue weighted by atomic mass is 10.1. The molecule has 1 aliphatic rings. The maximum Gasteiger partial charge on any atom is 0.416 e. The molecular weight excluding hydrogens is 379 g/mol. The maximum absolute atomic E-state index is 12.9. The first-order valence-electron chi connectivity index (χ1n) is 8.26. The average molecular weight is 393 g/mol. The molecule has 1 saturated carbocycles. The van der Waals surface area contributed by atoms with Crippen molar-refractivity contribution in [2.24, 2.45) is 0 Å². The quantitative estimate of drug-likeness (QED) is 0.681. The van der Waals surface area contributed by atoms with Crippen LogP contribution >= 0.6 is 11.3 Å². The van der Waals surface area contributed by atoms with Gasteiger partial charge in [-0.25, -0.2) is 4.98 Å². The molecule has 2 heterocycles. The number of thiazole rings is 1. The summed E-state index contributed by atoms with van der Waals surface area (Å²) in [6.07, 6.45) is 0.0482. The van der Waals surface area contributed by atoms with Gasteiger partial charge in [-0.3, -0.25) is 14.0 Å². The van der Waals surface area contributed by atoms with Gasteiger partial charge in [0.2, 0.25) is 0 Å². The van der Waals surface area contributed by atoms with Crippen LogP contribution in [0.25, 0.3) is 4.96 Å². The molecule has 0 radical (unpaired) electrons. The van der Waals surface area contributed by atoms with E-state index in [1.165, 1.54) is 34.1 Å². The number of hydrogen-bond donors (Lipinski definition) is 0. The number of carbonyl (C=O) groups excluding carboxylic acids is 1. The van der Waals surface area contributed by atoms with Crippen LogP contribution in [0.4, 0.5) is 13.2 Å². The van der Waals surface area contributed by atoms with Gasteiger partial charge in [0.05, 0.1) is 5.56 Å². The molecule has 0 bridgehead atoms. The standard InChI is InChI=1S/C18H14F3N3O2S/c19-18(20,21)12-3-1-11(2-4-12)10-24(13-5-6-13)16(26)14-9-22-17-23(15(14)25)7-8-27-17/h1-4,7-9,13H,5-6,10H2. The van der Waals surface area contributed by atoms with Crippen molar-refractivity contribution in [2.75, 3.05) is 0 Å². The van der Waals surface area contributed by atoms with Crippen molar-refractivity contribution in [3.05, 3.63) is 69.1 Å². The van der Waals surface area contributed by atoms with E-state index < -0.39 is 23.2 Å². The third kappa shape index (κ3) is 3.46. The van der Waals surface area contributed by atoms with Gasteiger partial charge in [0.25, 0.3) is 11.5 Å². The molecular formula is C18H14F3N3O2S. The van der Waals surface area contributed by atoms with Gasteiger partial charge in [-0.1, -0.05) is 12.1 Å². The number of amides is 1. The highest BCUT2D eigenvalue weighted by atomic mass is 32.1. The molecule has 4 rings (SSSR count). The Labute approximate surface area is 155 Å². The normalized spacial score (nSPS) is 14.5. The van der Waals surface area contributed by atoms with E-state index in [-0.39, 0.29) is 18.2 Å². The van der Waals surface area contributed by atoms with E-state index in [9.17, 15) is 22.8 Å². The van der Waals surface area contributed by atoms with Crippen LogP contribution in [0.15, 0.2) is 46.8 Å². The lowest BCUT2D eigenvalue weighted by Crippen LogP contribution is -2.36. The van der Waals surface area contributed by atoms with Crippen LogP contribution in [0.1, 0.15) is 34.3 Å². The predicted molar refractivity (Wildman–Crippen MR) is 93.7 cm³/mol. The molecule has 0 unspecified atom stereocenters. The second kappa shape index (κ2) is 6.49. The summed E-state index contributed by atoms with van der Waals surface area (Å²) in [4.78, 5) is 31.7. The highest BCUT2D eigenvalue weighted by molar-refractivity contribution is 7.15. The van der Waals surface area contributed by atoms with Gasteiger partial charge in [-0.05, 0) is 30.5 Å². The van der Waals surface area contributed by atoms with E-state index in [4.69, 9.17) is 0 Å². The van der Waals surface area contributed by atoms with Crippen LogP contribution in [0.2, 0.25) is 0 Å². The molecule has 0 N–H and O–H groups in total. The number of aromatic nitrogens is 2. The van der Waals surface area contributed by atoms with Crippen LogP contribution in [-0.4, -0.2) is 26.2 Å². The first kappa shape index (κ1) is 17.7. The fourth-order valence-electron chi connectivity index (χ4n) is 2.87. The molecule has 1 amide bonds. The van der Waals surface area contributed by atoms with Crippen molar-refractivity contribution in [3.63, 3.8) is 0 Å². The minimum Gasteiger partial charge on any atom is -0.331 e. The second-order valence-corrected chi connectivity index (χ2v) is 7.26. The molecule has 9 heteroatoms. The van der Waals surface area contributed by atoms with Crippen molar-refractivity contribution < 1.29 is 18.0 Å². The summed E-state index contributed by atoms with van der Waals surface area (Å²) >= 11 is 1.29. The number of carbonyl (C=O) groups is 1. The SMILES string of the molecule is O=C(c1cnc2sccn2c1=O)N(Cc1ccc(C(F)(F)F)cc1)C1CC1. The van der Waals surface area contributed by atoms with Crippen molar-refractivity contribution >= 4 is 22.2 Å². The van der Waals surface area contributed by atoms with Crippen LogP contribution < -0.4 is 5.56 Å². The molecule has 1 aliphatic carbocycles. The maximum atomic E-state index is 12.9. The van der Waals surface area contributed by atoms with Gasteiger partial charge < -0.3 is 4.90 Å². The Bertz CT molecular complexity index is 1050. The summed E-state index contributed by atoms with van der Waals surface area (Å²) in [6, 6.07) is 4.71. The number of alkyl halides is 3. The zero-order valence-electron chi connectivity index (χ0n) is 13.9. The molecule has 5 nitrogen and oxygen atoms in total. The zero-order valence-corrected chi connectivity index (χ0v) is 14.8. The third-order valence-electron chi connectivity index (χ3n) is 4.46. The van der Waals surface area contributed by atoms with Crippen molar-refractivity contribution in [3.8, 4) is 0 Å². The van der Waals surface area contributed by atoms with E-state index in [0.29, 0.717) is 10.5 Å². The van der Waals surface area contributed by atoms with E-state index in [1.54, 1.807) is 16.5 Å². The Morgan fingerprint density at radius 3 is 2.59 bits per heavy atom. The number of fused-ring (bicyclic) bond motifs is 1. The van der Waals surface area contributed by atoms with Gasteiger partial charge in [0, 0.05) is 30.4 Å². The molecule has 1 aromatic carbocycles. The summed E-state index contributed by atoms with van der Waals surface area (Å²) in [5.74, 6) is -0.449. The van der Waals surface area contributed by atoms with Gasteiger partial charge in [0.1, 0.15) is 5.56 Å².